The predicted octanol–water partition coefficient (Wildman–Crippen LogP) is 3.03. The molecule has 0 spiro atoms. The molecule has 0 aliphatic rings. The zero-order valence-corrected chi connectivity index (χ0v) is 15.6. The summed E-state index contributed by atoms with van der Waals surface area (Å²) in [6.07, 6.45) is -0.466. The van der Waals surface area contributed by atoms with E-state index in [-0.39, 0.29) is 24.0 Å². The van der Waals surface area contributed by atoms with Crippen molar-refractivity contribution in [3.05, 3.63) is 52.7 Å². The Labute approximate surface area is 165 Å². The quantitative estimate of drug-likeness (QED) is 0.543. The third-order valence-corrected chi connectivity index (χ3v) is 3.80. The number of carbonyl (C=O) groups is 2. The number of hydrogen-bond donors (Lipinski definition) is 1. The lowest BCUT2D eigenvalue weighted by Gasteiger charge is -2.06. The maximum absolute atomic E-state index is 13.8. The van der Waals surface area contributed by atoms with Gasteiger partial charge in [0.2, 0.25) is 11.7 Å². The number of hydrogen-bond acceptors (Lipinski definition) is 8. The van der Waals surface area contributed by atoms with E-state index >= 15 is 0 Å². The molecule has 0 aliphatic heterocycles. The molecule has 144 valence electrons. The summed E-state index contributed by atoms with van der Waals surface area (Å²) >= 11 is 3.12. The number of carbonyl (C=O) groups excluding carboxylic acids is 2. The van der Waals surface area contributed by atoms with Crippen LogP contribution < -0.4 is 10.5 Å². The molecule has 28 heavy (non-hydrogen) atoms. The van der Waals surface area contributed by atoms with Gasteiger partial charge in [0.25, 0.3) is 5.88 Å². The number of aromatic nitrogens is 3. The van der Waals surface area contributed by atoms with Gasteiger partial charge in [-0.05, 0) is 46.3 Å². The van der Waals surface area contributed by atoms with Crippen molar-refractivity contribution in [1.29, 1.82) is 0 Å². The van der Waals surface area contributed by atoms with Crippen LogP contribution in [0.15, 0.2) is 45.5 Å². The van der Waals surface area contributed by atoms with E-state index in [0.29, 0.717) is 22.1 Å². The van der Waals surface area contributed by atoms with Gasteiger partial charge in [-0.3, -0.25) is 4.79 Å². The summed E-state index contributed by atoms with van der Waals surface area (Å²) < 4.78 is 29.3. The molecule has 9 nitrogen and oxygen atoms in total. The van der Waals surface area contributed by atoms with Gasteiger partial charge in [-0.2, -0.15) is 4.98 Å². The van der Waals surface area contributed by atoms with Gasteiger partial charge in [-0.1, -0.05) is 5.16 Å². The highest BCUT2D eigenvalue weighted by Gasteiger charge is 2.18. The minimum atomic E-state index is -1.12. The van der Waals surface area contributed by atoms with Crippen molar-refractivity contribution in [1.82, 2.24) is 15.1 Å². The number of aldehydes is 1. The van der Waals surface area contributed by atoms with E-state index in [2.05, 4.69) is 35.8 Å². The molecule has 0 saturated carbocycles. The molecule has 0 bridgehead atoms. The second-order valence-corrected chi connectivity index (χ2v) is 6.31. The monoisotopic (exact) mass is 450 g/mol. The molecule has 3 aromatic rings. The molecule has 0 aliphatic carbocycles. The second kappa shape index (κ2) is 8.57. The first kappa shape index (κ1) is 19.4. The Balaban J connectivity index is 1.69. The van der Waals surface area contributed by atoms with Gasteiger partial charge >= 0.3 is 6.09 Å². The van der Waals surface area contributed by atoms with Crippen LogP contribution in [-0.2, 0) is 16.0 Å². The van der Waals surface area contributed by atoms with Gasteiger partial charge in [0.15, 0.2) is 18.2 Å². The molecule has 2 aromatic heterocycles. The topological polar surface area (TPSA) is 130 Å². The molecule has 1 amide bonds. The maximum atomic E-state index is 13.8. The van der Waals surface area contributed by atoms with Crippen LogP contribution in [0, 0.1) is 5.82 Å². The van der Waals surface area contributed by atoms with Crippen molar-refractivity contribution < 1.29 is 28.0 Å². The molecule has 2 heterocycles. The zero-order valence-electron chi connectivity index (χ0n) is 14.0. The molecule has 2 N–H and O–H groups in total. The molecule has 3 rings (SSSR count). The van der Waals surface area contributed by atoms with Gasteiger partial charge in [0.05, 0.1) is 6.42 Å². The number of rotatable bonds is 7. The summed E-state index contributed by atoms with van der Waals surface area (Å²) in [6, 6.07) is 7.68. The largest absolute Gasteiger partial charge is 0.438 e. The van der Waals surface area contributed by atoms with Crippen molar-refractivity contribution in [3.8, 4) is 23.0 Å². The Morgan fingerprint density at radius 2 is 2.11 bits per heavy atom. The highest BCUT2D eigenvalue weighted by Crippen LogP contribution is 2.26. The molecule has 0 radical (unpaired) electrons. The maximum Gasteiger partial charge on any atom is 0.405 e. The summed E-state index contributed by atoms with van der Waals surface area (Å²) in [7, 11) is 0. The molecule has 11 heteroatoms. The lowest BCUT2D eigenvalue weighted by molar-refractivity contribution is -0.115. The fourth-order valence-corrected chi connectivity index (χ4v) is 2.46. The number of ether oxygens (including phenoxy) is 2. The number of nitrogens with two attached hydrogens (primary N) is 1. The number of primary amides is 1. The van der Waals surface area contributed by atoms with E-state index in [1.165, 1.54) is 12.3 Å². The SMILES string of the molecule is NC(=O)O[C@H](C=O)Cc1nc(-c2ccc(Oc3ncc(Br)cc3F)cc2)no1. The van der Waals surface area contributed by atoms with Gasteiger partial charge in [0, 0.05) is 16.2 Å². The van der Waals surface area contributed by atoms with E-state index in [1.807, 2.05) is 0 Å². The van der Waals surface area contributed by atoms with E-state index in [4.69, 9.17) is 15.0 Å². The third kappa shape index (κ3) is 4.88. The number of nitrogens with zero attached hydrogens (tertiary/aromatic N) is 3. The van der Waals surface area contributed by atoms with Crippen molar-refractivity contribution in [2.75, 3.05) is 0 Å². The molecular formula is C17H12BrFN4O5. The molecular weight excluding hydrogens is 439 g/mol. The van der Waals surface area contributed by atoms with E-state index in [0.717, 1.165) is 0 Å². The fourth-order valence-electron chi connectivity index (χ4n) is 2.15. The number of benzene rings is 1. The second-order valence-electron chi connectivity index (χ2n) is 5.39. The molecule has 1 aromatic carbocycles. The molecule has 0 saturated heterocycles. The predicted molar refractivity (Wildman–Crippen MR) is 95.9 cm³/mol. The zero-order chi connectivity index (χ0) is 20.1. The minimum absolute atomic E-state index is 0.0924. The summed E-state index contributed by atoms with van der Waals surface area (Å²) in [5.41, 5.74) is 5.46. The Kier molecular flexibility index (Phi) is 5.94. The fraction of sp³-hybridized carbons (Fsp3) is 0.118. The van der Waals surface area contributed by atoms with E-state index in [9.17, 15) is 14.0 Å². The summed E-state index contributed by atoms with van der Waals surface area (Å²) in [4.78, 5) is 29.6. The average Bonchev–Trinajstić information content (AvgIpc) is 3.12. The Hall–Kier alpha value is -3.34. The van der Waals surface area contributed by atoms with Gasteiger partial charge in [-0.15, -0.1) is 0 Å². The molecule has 0 unspecified atom stereocenters. The first-order valence-corrected chi connectivity index (χ1v) is 8.57. The summed E-state index contributed by atoms with van der Waals surface area (Å²) in [5, 5.41) is 3.80. The molecule has 0 fully saturated rings. The van der Waals surface area contributed by atoms with Gasteiger partial charge < -0.3 is 19.7 Å². The first-order chi connectivity index (χ1) is 13.4. The molecule has 1 atom stereocenters. The third-order valence-electron chi connectivity index (χ3n) is 3.36. The lowest BCUT2D eigenvalue weighted by Crippen LogP contribution is -2.25. The van der Waals surface area contributed by atoms with E-state index in [1.54, 1.807) is 24.3 Å². The van der Waals surface area contributed by atoms with Crippen LogP contribution in [0.4, 0.5) is 9.18 Å². The minimum Gasteiger partial charge on any atom is -0.438 e. The van der Waals surface area contributed by atoms with Gasteiger partial charge in [0.1, 0.15) is 5.75 Å². The van der Waals surface area contributed by atoms with Crippen LogP contribution in [0.1, 0.15) is 5.89 Å². The number of halogens is 2. The Bertz CT molecular complexity index is 995. The highest BCUT2D eigenvalue weighted by molar-refractivity contribution is 9.10. The standard InChI is InChI=1S/C17H12BrFN4O5/c18-10-5-13(19)16(21-7-10)26-11-3-1-9(2-4-11)15-22-14(28-23-15)6-12(8-24)27-17(20)25/h1-5,7-8,12H,6H2,(H2,20,25)/t12-/m0/s1. The number of pyridine rings is 1. The highest BCUT2D eigenvalue weighted by atomic mass is 79.9. The Morgan fingerprint density at radius 1 is 1.36 bits per heavy atom. The van der Waals surface area contributed by atoms with E-state index < -0.39 is 18.0 Å². The van der Waals surface area contributed by atoms with Crippen molar-refractivity contribution >= 4 is 28.3 Å². The summed E-state index contributed by atoms with van der Waals surface area (Å²) in [6.45, 7) is 0. The normalized spacial score (nSPS) is 11.6. The van der Waals surface area contributed by atoms with Crippen molar-refractivity contribution in [3.63, 3.8) is 0 Å². The first-order valence-electron chi connectivity index (χ1n) is 7.78. The van der Waals surface area contributed by atoms with Crippen LogP contribution in [-0.4, -0.2) is 33.6 Å². The average molecular weight is 451 g/mol. The van der Waals surface area contributed by atoms with Crippen LogP contribution in [0.25, 0.3) is 11.4 Å². The van der Waals surface area contributed by atoms with Crippen LogP contribution in [0.2, 0.25) is 0 Å². The lowest BCUT2D eigenvalue weighted by atomic mass is 10.2. The number of amides is 1. The summed E-state index contributed by atoms with van der Waals surface area (Å²) in [5.74, 6) is -0.0681. The van der Waals surface area contributed by atoms with Crippen LogP contribution in [0.3, 0.4) is 0 Å². The van der Waals surface area contributed by atoms with Gasteiger partial charge in [-0.25, -0.2) is 14.2 Å². The van der Waals surface area contributed by atoms with Crippen molar-refractivity contribution in [2.24, 2.45) is 5.73 Å². The van der Waals surface area contributed by atoms with Crippen LogP contribution >= 0.6 is 15.9 Å². The Morgan fingerprint density at radius 3 is 2.75 bits per heavy atom. The van der Waals surface area contributed by atoms with Crippen molar-refractivity contribution in [2.45, 2.75) is 12.5 Å². The van der Waals surface area contributed by atoms with Crippen LogP contribution in [0.5, 0.6) is 11.6 Å². The smallest absolute Gasteiger partial charge is 0.405 e.